The van der Waals surface area contributed by atoms with Crippen molar-refractivity contribution in [1.29, 1.82) is 0 Å². The van der Waals surface area contributed by atoms with Crippen LogP contribution in [-0.4, -0.2) is 11.1 Å². The van der Waals surface area contributed by atoms with Crippen LogP contribution in [0, 0.1) is 11.6 Å². The lowest BCUT2D eigenvalue weighted by molar-refractivity contribution is -0.131. The van der Waals surface area contributed by atoms with Crippen LogP contribution in [0.25, 0.3) is 6.08 Å². The first-order valence-corrected chi connectivity index (χ1v) is 6.12. The first-order valence-electron chi connectivity index (χ1n) is 6.12. The Balaban J connectivity index is 2.17. The standard InChI is InChI=1S/C16H12F2O3/c17-13-3-1-2-11(8-13)10-21-15-6-5-14(18)9-12(15)4-7-16(19)20/h1-9H,10H2,(H,19,20)/b7-4+. The molecule has 2 aromatic rings. The third kappa shape index (κ3) is 4.42. The van der Waals surface area contributed by atoms with Gasteiger partial charge in [-0.1, -0.05) is 12.1 Å². The summed E-state index contributed by atoms with van der Waals surface area (Å²) in [4.78, 5) is 10.5. The smallest absolute Gasteiger partial charge is 0.328 e. The van der Waals surface area contributed by atoms with Crippen LogP contribution in [0.4, 0.5) is 8.78 Å². The molecule has 1 N–H and O–H groups in total. The molecule has 0 saturated heterocycles. The zero-order chi connectivity index (χ0) is 15.2. The SMILES string of the molecule is O=C(O)/C=C/c1cc(F)ccc1OCc1cccc(F)c1. The molecule has 0 bridgehead atoms. The van der Waals surface area contributed by atoms with E-state index < -0.39 is 11.8 Å². The summed E-state index contributed by atoms with van der Waals surface area (Å²) in [6.07, 6.45) is 2.14. The number of ether oxygens (including phenoxy) is 1. The van der Waals surface area contributed by atoms with Crippen LogP contribution in [0.15, 0.2) is 48.5 Å². The fraction of sp³-hybridized carbons (Fsp3) is 0.0625. The van der Waals surface area contributed by atoms with E-state index in [0.29, 0.717) is 16.9 Å². The van der Waals surface area contributed by atoms with E-state index in [4.69, 9.17) is 9.84 Å². The molecule has 0 atom stereocenters. The molecular weight excluding hydrogens is 278 g/mol. The summed E-state index contributed by atoms with van der Waals surface area (Å²) in [6, 6.07) is 9.68. The molecule has 0 amide bonds. The van der Waals surface area contributed by atoms with Gasteiger partial charge in [-0.3, -0.25) is 0 Å². The molecule has 0 radical (unpaired) electrons. The lowest BCUT2D eigenvalue weighted by Gasteiger charge is -2.09. The highest BCUT2D eigenvalue weighted by molar-refractivity contribution is 5.85. The van der Waals surface area contributed by atoms with Crippen molar-refractivity contribution in [3.05, 3.63) is 71.3 Å². The maximum atomic E-state index is 13.2. The average Bonchev–Trinajstić information content (AvgIpc) is 2.44. The topological polar surface area (TPSA) is 46.5 Å². The quantitative estimate of drug-likeness (QED) is 0.855. The molecule has 0 heterocycles. The van der Waals surface area contributed by atoms with Crippen LogP contribution in [0.5, 0.6) is 5.75 Å². The number of hydrogen-bond acceptors (Lipinski definition) is 2. The van der Waals surface area contributed by atoms with Gasteiger partial charge >= 0.3 is 5.97 Å². The van der Waals surface area contributed by atoms with Gasteiger partial charge in [-0.05, 0) is 42.0 Å². The Morgan fingerprint density at radius 1 is 1.14 bits per heavy atom. The summed E-state index contributed by atoms with van der Waals surface area (Å²) in [5.41, 5.74) is 0.918. The van der Waals surface area contributed by atoms with E-state index >= 15 is 0 Å². The van der Waals surface area contributed by atoms with Gasteiger partial charge in [0.15, 0.2) is 0 Å². The third-order valence-corrected chi connectivity index (χ3v) is 2.66. The lowest BCUT2D eigenvalue weighted by atomic mass is 10.1. The summed E-state index contributed by atoms with van der Waals surface area (Å²) in [6.45, 7) is 0.0945. The van der Waals surface area contributed by atoms with Crippen molar-refractivity contribution < 1.29 is 23.4 Å². The molecule has 0 saturated carbocycles. The van der Waals surface area contributed by atoms with Crippen molar-refractivity contribution >= 4 is 12.0 Å². The fourth-order valence-electron chi connectivity index (χ4n) is 1.73. The number of aliphatic carboxylic acids is 1. The molecule has 0 spiro atoms. The van der Waals surface area contributed by atoms with Gasteiger partial charge in [0.2, 0.25) is 0 Å². The second kappa shape index (κ2) is 6.65. The van der Waals surface area contributed by atoms with Crippen molar-refractivity contribution in [2.24, 2.45) is 0 Å². The first kappa shape index (κ1) is 14.7. The number of hydrogen-bond donors (Lipinski definition) is 1. The summed E-state index contributed by atoms with van der Waals surface area (Å²) in [5.74, 6) is -1.70. The predicted molar refractivity (Wildman–Crippen MR) is 73.8 cm³/mol. The first-order chi connectivity index (χ1) is 10.0. The van der Waals surface area contributed by atoms with Gasteiger partial charge in [-0.25, -0.2) is 13.6 Å². The van der Waals surface area contributed by atoms with Crippen LogP contribution in [0.3, 0.4) is 0 Å². The van der Waals surface area contributed by atoms with Gasteiger partial charge in [0.05, 0.1) is 0 Å². The van der Waals surface area contributed by atoms with E-state index in [1.807, 2.05) is 0 Å². The molecule has 108 valence electrons. The minimum absolute atomic E-state index is 0.0945. The molecule has 0 aliphatic rings. The Morgan fingerprint density at radius 2 is 1.90 bits per heavy atom. The highest BCUT2D eigenvalue weighted by Crippen LogP contribution is 2.22. The highest BCUT2D eigenvalue weighted by Gasteiger charge is 2.05. The number of rotatable bonds is 5. The van der Waals surface area contributed by atoms with Crippen molar-refractivity contribution in [3.8, 4) is 5.75 Å². The Hall–Kier alpha value is -2.69. The normalized spacial score (nSPS) is 10.8. The van der Waals surface area contributed by atoms with Crippen molar-refractivity contribution in [2.75, 3.05) is 0 Å². The summed E-state index contributed by atoms with van der Waals surface area (Å²) in [5, 5.41) is 8.61. The van der Waals surface area contributed by atoms with Crippen LogP contribution in [0.1, 0.15) is 11.1 Å². The van der Waals surface area contributed by atoms with E-state index in [1.54, 1.807) is 12.1 Å². The van der Waals surface area contributed by atoms with Gasteiger partial charge in [0, 0.05) is 11.6 Å². The number of halogens is 2. The van der Waals surface area contributed by atoms with Crippen LogP contribution < -0.4 is 4.74 Å². The fourth-order valence-corrected chi connectivity index (χ4v) is 1.73. The second-order valence-corrected chi connectivity index (χ2v) is 4.27. The molecule has 0 unspecified atom stereocenters. The molecule has 0 fully saturated rings. The van der Waals surface area contributed by atoms with Crippen molar-refractivity contribution in [2.45, 2.75) is 6.61 Å². The number of carbonyl (C=O) groups is 1. The van der Waals surface area contributed by atoms with E-state index in [-0.39, 0.29) is 12.4 Å². The van der Waals surface area contributed by atoms with E-state index in [1.165, 1.54) is 36.4 Å². The molecule has 3 nitrogen and oxygen atoms in total. The minimum Gasteiger partial charge on any atom is -0.488 e. The molecule has 21 heavy (non-hydrogen) atoms. The van der Waals surface area contributed by atoms with Crippen LogP contribution in [-0.2, 0) is 11.4 Å². The monoisotopic (exact) mass is 290 g/mol. The zero-order valence-electron chi connectivity index (χ0n) is 10.9. The second-order valence-electron chi connectivity index (χ2n) is 4.27. The van der Waals surface area contributed by atoms with Crippen molar-refractivity contribution in [3.63, 3.8) is 0 Å². The van der Waals surface area contributed by atoms with Gasteiger partial charge in [-0.15, -0.1) is 0 Å². The molecule has 2 aromatic carbocycles. The summed E-state index contributed by atoms with van der Waals surface area (Å²) in [7, 11) is 0. The molecular formula is C16H12F2O3. The van der Waals surface area contributed by atoms with Crippen LogP contribution in [0.2, 0.25) is 0 Å². The lowest BCUT2D eigenvalue weighted by Crippen LogP contribution is -1.98. The Labute approximate surface area is 120 Å². The van der Waals surface area contributed by atoms with Gasteiger partial charge in [0.1, 0.15) is 24.0 Å². The average molecular weight is 290 g/mol. The van der Waals surface area contributed by atoms with Crippen LogP contribution >= 0.6 is 0 Å². The summed E-state index contributed by atoms with van der Waals surface area (Å²) < 4.78 is 31.7. The Morgan fingerprint density at radius 3 is 2.62 bits per heavy atom. The van der Waals surface area contributed by atoms with E-state index in [0.717, 1.165) is 6.08 Å². The summed E-state index contributed by atoms with van der Waals surface area (Å²) >= 11 is 0. The largest absolute Gasteiger partial charge is 0.488 e. The molecule has 0 aliphatic heterocycles. The van der Waals surface area contributed by atoms with Gasteiger partial charge < -0.3 is 9.84 Å². The predicted octanol–water partition coefficient (Wildman–Crippen LogP) is 3.64. The minimum atomic E-state index is -1.14. The number of carboxylic acid groups (broad SMARTS) is 1. The molecule has 2 rings (SSSR count). The van der Waals surface area contributed by atoms with Gasteiger partial charge in [0.25, 0.3) is 0 Å². The molecule has 0 aliphatic carbocycles. The number of benzene rings is 2. The molecule has 5 heteroatoms. The Kier molecular flexibility index (Phi) is 4.66. The number of carboxylic acids is 1. The maximum absolute atomic E-state index is 13.2. The Bertz CT molecular complexity index is 681. The highest BCUT2D eigenvalue weighted by atomic mass is 19.1. The van der Waals surface area contributed by atoms with Crippen molar-refractivity contribution in [1.82, 2.24) is 0 Å². The van der Waals surface area contributed by atoms with E-state index in [9.17, 15) is 13.6 Å². The molecule has 0 aromatic heterocycles. The van der Waals surface area contributed by atoms with E-state index in [2.05, 4.69) is 0 Å². The maximum Gasteiger partial charge on any atom is 0.328 e. The van der Waals surface area contributed by atoms with Gasteiger partial charge in [-0.2, -0.15) is 0 Å². The zero-order valence-corrected chi connectivity index (χ0v) is 10.9. The third-order valence-electron chi connectivity index (χ3n) is 2.66.